The molecule has 12 heteroatoms. The molecular weight excluding hydrogens is 596 g/mol. The second-order valence-electron chi connectivity index (χ2n) is 10.6. The number of hydrogen-bond donors (Lipinski definition) is 1. The highest BCUT2D eigenvalue weighted by Gasteiger charge is 2.33. The van der Waals surface area contributed by atoms with Crippen molar-refractivity contribution in [2.75, 3.05) is 25.5 Å². The normalized spacial score (nSPS) is 12.9. The first-order valence-corrected chi connectivity index (χ1v) is 15.6. The molecule has 11 nitrogen and oxygen atoms in total. The van der Waals surface area contributed by atoms with E-state index in [1.54, 1.807) is 67.2 Å². The van der Waals surface area contributed by atoms with Crippen molar-refractivity contribution in [3.05, 3.63) is 112 Å². The molecule has 1 N–H and O–H groups in total. The number of nitrogens with one attached hydrogen (secondary N) is 1. The van der Waals surface area contributed by atoms with Crippen molar-refractivity contribution in [2.24, 2.45) is 7.05 Å². The van der Waals surface area contributed by atoms with Gasteiger partial charge in [0.1, 0.15) is 5.69 Å². The van der Waals surface area contributed by atoms with E-state index in [1.807, 2.05) is 18.2 Å². The second-order valence-corrected chi connectivity index (χ2v) is 12.2. The van der Waals surface area contributed by atoms with Crippen LogP contribution in [-0.2, 0) is 23.5 Å². The van der Waals surface area contributed by atoms with Gasteiger partial charge in [-0.2, -0.15) is 0 Å². The van der Waals surface area contributed by atoms with Gasteiger partial charge in [-0.1, -0.05) is 42.5 Å². The summed E-state index contributed by atoms with van der Waals surface area (Å²) in [5.41, 5.74) is 1.36. The van der Waals surface area contributed by atoms with Crippen LogP contribution in [0.15, 0.2) is 88.6 Å². The Hall–Kier alpha value is -5.36. The first-order chi connectivity index (χ1) is 21.6. The van der Waals surface area contributed by atoms with Gasteiger partial charge >= 0.3 is 0 Å². The van der Waals surface area contributed by atoms with Crippen LogP contribution in [0.3, 0.4) is 0 Å². The van der Waals surface area contributed by atoms with Gasteiger partial charge in [0.05, 0.1) is 30.5 Å². The first kappa shape index (κ1) is 29.7. The van der Waals surface area contributed by atoms with Crippen molar-refractivity contribution in [3.8, 4) is 17.2 Å². The Balaban J connectivity index is 1.38. The number of benzene rings is 4. The average molecular weight is 627 g/mol. The summed E-state index contributed by atoms with van der Waals surface area (Å²) in [6.07, 6.45) is -0.0196. The van der Waals surface area contributed by atoms with E-state index in [1.165, 1.54) is 31.0 Å². The molecule has 230 valence electrons. The van der Waals surface area contributed by atoms with Crippen molar-refractivity contribution < 1.29 is 27.5 Å². The second kappa shape index (κ2) is 11.3. The van der Waals surface area contributed by atoms with Crippen molar-refractivity contribution in [3.63, 3.8) is 0 Å². The van der Waals surface area contributed by atoms with E-state index in [-0.39, 0.29) is 40.6 Å². The standard InChI is InChI=1S/C33H30N4O7S/c1-20-30(33(40)37(35(20)2)23-12-6-5-7-13-23)34-45(41,42)28-19-27(44-4)26(43-3)18-22(28)16-17-36-31(38)24-14-8-10-21-11-9-15-25(29(21)24)32(36)39/h5-15,18-19,34H,16-17H2,1-4H3. The van der Waals surface area contributed by atoms with Gasteiger partial charge in [-0.25, -0.2) is 13.1 Å². The van der Waals surface area contributed by atoms with Crippen LogP contribution in [0.25, 0.3) is 16.5 Å². The number of sulfonamides is 1. The van der Waals surface area contributed by atoms with Crippen molar-refractivity contribution in [1.82, 2.24) is 14.3 Å². The molecule has 0 aliphatic carbocycles. The van der Waals surface area contributed by atoms with Crippen LogP contribution < -0.4 is 19.8 Å². The fourth-order valence-electron chi connectivity index (χ4n) is 5.74. The summed E-state index contributed by atoms with van der Waals surface area (Å²) in [7, 11) is 0.0662. The minimum absolute atomic E-state index is 0.0196. The lowest BCUT2D eigenvalue weighted by molar-refractivity contribution is 0.0612. The number of aromatic nitrogens is 2. The lowest BCUT2D eigenvalue weighted by atomic mass is 9.94. The summed E-state index contributed by atoms with van der Waals surface area (Å²) in [5, 5.41) is 1.39. The fourth-order valence-corrected chi connectivity index (χ4v) is 7.12. The van der Waals surface area contributed by atoms with Gasteiger partial charge < -0.3 is 9.47 Å². The molecule has 2 heterocycles. The molecule has 45 heavy (non-hydrogen) atoms. The maximum Gasteiger partial charge on any atom is 0.296 e. The molecule has 0 spiro atoms. The number of carbonyl (C=O) groups excluding carboxylic acids is 2. The van der Waals surface area contributed by atoms with Crippen LogP contribution in [0.1, 0.15) is 32.0 Å². The zero-order valence-corrected chi connectivity index (χ0v) is 25.8. The Labute approximate surface area is 259 Å². The van der Waals surface area contributed by atoms with Crippen LogP contribution >= 0.6 is 0 Å². The Kier molecular flexibility index (Phi) is 7.45. The highest BCUT2D eigenvalue weighted by molar-refractivity contribution is 7.92. The number of imide groups is 1. The third kappa shape index (κ3) is 4.92. The van der Waals surface area contributed by atoms with Gasteiger partial charge in [-0.05, 0) is 54.6 Å². The number of hydrogen-bond acceptors (Lipinski definition) is 7. The molecule has 1 aromatic heterocycles. The summed E-state index contributed by atoms with van der Waals surface area (Å²) in [5.74, 6) is -0.513. The van der Waals surface area contributed by atoms with Gasteiger partial charge in [0.15, 0.2) is 11.5 Å². The van der Waals surface area contributed by atoms with Gasteiger partial charge in [0.2, 0.25) is 0 Å². The minimum atomic E-state index is -4.39. The number of para-hydroxylation sites is 1. The summed E-state index contributed by atoms with van der Waals surface area (Å²) in [6, 6.07) is 22.2. The quantitative estimate of drug-likeness (QED) is 0.242. The van der Waals surface area contributed by atoms with E-state index in [0.717, 1.165) is 10.3 Å². The van der Waals surface area contributed by atoms with Gasteiger partial charge in [-0.15, -0.1) is 0 Å². The minimum Gasteiger partial charge on any atom is -0.493 e. The molecule has 1 aliphatic heterocycles. The van der Waals surface area contributed by atoms with E-state index in [4.69, 9.17) is 9.47 Å². The van der Waals surface area contributed by atoms with Gasteiger partial charge in [-0.3, -0.25) is 28.7 Å². The van der Waals surface area contributed by atoms with E-state index in [0.29, 0.717) is 27.9 Å². The molecule has 0 saturated heterocycles. The van der Waals surface area contributed by atoms with Gasteiger partial charge in [0.25, 0.3) is 27.4 Å². The number of carbonyl (C=O) groups is 2. The summed E-state index contributed by atoms with van der Waals surface area (Å²) < 4.78 is 44.3. The number of amides is 2. The third-order valence-electron chi connectivity index (χ3n) is 8.11. The highest BCUT2D eigenvalue weighted by atomic mass is 32.2. The predicted octanol–water partition coefficient (Wildman–Crippen LogP) is 4.29. The molecule has 0 fully saturated rings. The van der Waals surface area contributed by atoms with Crippen LogP contribution in [0.2, 0.25) is 0 Å². The monoisotopic (exact) mass is 626 g/mol. The van der Waals surface area contributed by atoms with E-state index in [9.17, 15) is 22.8 Å². The molecule has 0 saturated carbocycles. The highest BCUT2D eigenvalue weighted by Crippen LogP contribution is 2.35. The molecule has 1 aliphatic rings. The Morgan fingerprint density at radius 1 is 0.800 bits per heavy atom. The van der Waals surface area contributed by atoms with Gasteiger partial charge in [0, 0.05) is 36.2 Å². The number of ether oxygens (including phenoxy) is 2. The topological polar surface area (TPSA) is 129 Å². The van der Waals surface area contributed by atoms with E-state index >= 15 is 0 Å². The largest absolute Gasteiger partial charge is 0.493 e. The molecule has 5 aromatic rings. The average Bonchev–Trinajstić information content (AvgIpc) is 3.25. The zero-order chi connectivity index (χ0) is 32.0. The van der Waals surface area contributed by atoms with Crippen LogP contribution in [0.4, 0.5) is 5.69 Å². The lowest BCUT2D eigenvalue weighted by Crippen LogP contribution is -2.41. The number of nitrogens with zero attached hydrogens (tertiary/aromatic N) is 3. The zero-order valence-electron chi connectivity index (χ0n) is 25.0. The maximum atomic E-state index is 14.0. The smallest absolute Gasteiger partial charge is 0.296 e. The third-order valence-corrected chi connectivity index (χ3v) is 9.54. The van der Waals surface area contributed by atoms with Crippen molar-refractivity contribution in [2.45, 2.75) is 18.2 Å². The summed E-state index contributed by atoms with van der Waals surface area (Å²) in [4.78, 5) is 41.4. The number of anilines is 1. The maximum absolute atomic E-state index is 14.0. The number of rotatable bonds is 9. The summed E-state index contributed by atoms with van der Waals surface area (Å²) >= 11 is 0. The Morgan fingerprint density at radius 2 is 1.40 bits per heavy atom. The fraction of sp³-hybridized carbons (Fsp3) is 0.182. The van der Waals surface area contributed by atoms with E-state index < -0.39 is 27.4 Å². The first-order valence-electron chi connectivity index (χ1n) is 14.1. The van der Waals surface area contributed by atoms with Crippen LogP contribution in [0.5, 0.6) is 11.5 Å². The summed E-state index contributed by atoms with van der Waals surface area (Å²) in [6.45, 7) is 1.53. The molecule has 4 aromatic carbocycles. The molecule has 2 amide bonds. The number of methoxy groups -OCH3 is 2. The lowest BCUT2D eigenvalue weighted by Gasteiger charge is -2.27. The predicted molar refractivity (Wildman–Crippen MR) is 169 cm³/mol. The van der Waals surface area contributed by atoms with Crippen LogP contribution in [-0.4, -0.2) is 55.3 Å². The molecule has 6 rings (SSSR count). The SMILES string of the molecule is COc1cc(CCN2C(=O)c3cccc4cccc(c34)C2=O)c(S(=O)(=O)Nc2c(C)n(C)n(-c3ccccc3)c2=O)cc1OC. The molecule has 0 radical (unpaired) electrons. The van der Waals surface area contributed by atoms with Crippen LogP contribution in [0, 0.1) is 6.92 Å². The van der Waals surface area contributed by atoms with Crippen molar-refractivity contribution in [1.29, 1.82) is 0 Å². The molecule has 0 bridgehead atoms. The molecule has 0 unspecified atom stereocenters. The Bertz CT molecular complexity index is 2120. The molecular formula is C33H30N4O7S. The van der Waals surface area contributed by atoms with Crippen molar-refractivity contribution >= 4 is 38.3 Å². The Morgan fingerprint density at radius 3 is 2.00 bits per heavy atom. The molecule has 0 atom stereocenters. The van der Waals surface area contributed by atoms with E-state index in [2.05, 4.69) is 4.72 Å².